The van der Waals surface area contributed by atoms with E-state index >= 15 is 0 Å². The standard InChI is InChI=1S/C17H11ClN2O4S/c1-7-10(4-13(21)22)14-12(20-7)3-11(17(24)15(14)18)16(23)8-2-9(5-19)25-6-8/h2,6,24H,3-4H2,1H3,(H,21,22). The molecule has 1 aliphatic carbocycles. The summed E-state index contributed by atoms with van der Waals surface area (Å²) in [5.74, 6) is -1.84. The third-order valence-electron chi connectivity index (χ3n) is 3.96. The number of carboxylic acid groups (broad SMARTS) is 1. The van der Waals surface area contributed by atoms with Gasteiger partial charge in [-0.3, -0.25) is 14.6 Å². The first-order valence-electron chi connectivity index (χ1n) is 7.19. The van der Waals surface area contributed by atoms with Gasteiger partial charge in [-0.2, -0.15) is 5.26 Å². The van der Waals surface area contributed by atoms with E-state index in [0.717, 1.165) is 11.3 Å². The number of aliphatic hydroxyl groups excluding tert-OH is 1. The Kier molecular flexibility index (Phi) is 4.33. The first-order chi connectivity index (χ1) is 11.8. The maximum Gasteiger partial charge on any atom is 0.307 e. The molecule has 0 radical (unpaired) electrons. The van der Waals surface area contributed by atoms with Crippen molar-refractivity contribution in [3.05, 3.63) is 55.1 Å². The molecule has 0 aromatic carbocycles. The minimum atomic E-state index is -1.03. The average Bonchev–Trinajstić information content (AvgIpc) is 3.15. The van der Waals surface area contributed by atoms with Gasteiger partial charge >= 0.3 is 5.97 Å². The molecule has 0 unspecified atom stereocenters. The van der Waals surface area contributed by atoms with Crippen molar-refractivity contribution in [1.29, 1.82) is 5.26 Å². The smallest absolute Gasteiger partial charge is 0.307 e. The summed E-state index contributed by atoms with van der Waals surface area (Å²) in [4.78, 5) is 28.4. The highest BCUT2D eigenvalue weighted by atomic mass is 35.5. The van der Waals surface area contributed by atoms with Crippen molar-refractivity contribution in [2.45, 2.75) is 19.8 Å². The highest BCUT2D eigenvalue weighted by Crippen LogP contribution is 2.41. The number of nitrogens with zero attached hydrogens (tertiary/aromatic N) is 2. The van der Waals surface area contributed by atoms with Gasteiger partial charge in [-0.15, -0.1) is 11.3 Å². The van der Waals surface area contributed by atoms with Crippen molar-refractivity contribution in [3.8, 4) is 6.07 Å². The van der Waals surface area contributed by atoms with E-state index < -0.39 is 11.8 Å². The molecule has 0 atom stereocenters. The molecule has 0 saturated carbocycles. The molecule has 2 aliphatic rings. The van der Waals surface area contributed by atoms with Gasteiger partial charge in [0.25, 0.3) is 0 Å². The molecule has 0 fully saturated rings. The highest BCUT2D eigenvalue weighted by Gasteiger charge is 2.35. The van der Waals surface area contributed by atoms with E-state index in [1.807, 2.05) is 6.07 Å². The van der Waals surface area contributed by atoms with Crippen LogP contribution in [0.5, 0.6) is 0 Å². The lowest BCUT2D eigenvalue weighted by atomic mass is 9.87. The van der Waals surface area contributed by atoms with Crippen molar-refractivity contribution in [2.24, 2.45) is 4.99 Å². The largest absolute Gasteiger partial charge is 0.506 e. The van der Waals surface area contributed by atoms with Crippen LogP contribution in [0.25, 0.3) is 0 Å². The lowest BCUT2D eigenvalue weighted by molar-refractivity contribution is -0.136. The number of carboxylic acids is 1. The molecule has 1 aromatic heterocycles. The van der Waals surface area contributed by atoms with Gasteiger partial charge in [-0.05, 0) is 18.6 Å². The fourth-order valence-electron chi connectivity index (χ4n) is 2.81. The van der Waals surface area contributed by atoms with E-state index in [2.05, 4.69) is 4.99 Å². The van der Waals surface area contributed by atoms with Crippen molar-refractivity contribution >= 4 is 40.4 Å². The van der Waals surface area contributed by atoms with E-state index in [4.69, 9.17) is 22.0 Å². The van der Waals surface area contributed by atoms with E-state index in [0.29, 0.717) is 33.0 Å². The average molecular weight is 375 g/mol. The van der Waals surface area contributed by atoms with Crippen molar-refractivity contribution < 1.29 is 19.8 Å². The maximum atomic E-state index is 12.6. The van der Waals surface area contributed by atoms with Crippen LogP contribution in [-0.4, -0.2) is 27.7 Å². The van der Waals surface area contributed by atoms with Gasteiger partial charge in [0.15, 0.2) is 5.78 Å². The zero-order valence-electron chi connectivity index (χ0n) is 13.0. The minimum Gasteiger partial charge on any atom is -0.506 e. The number of aliphatic hydroxyl groups is 1. The third-order valence-corrected chi connectivity index (χ3v) is 5.16. The molecule has 1 aliphatic heterocycles. The number of carbonyl (C=O) groups excluding carboxylic acids is 1. The van der Waals surface area contributed by atoms with Crippen LogP contribution >= 0.6 is 22.9 Å². The molecular weight excluding hydrogens is 364 g/mol. The van der Waals surface area contributed by atoms with Crippen LogP contribution in [0.1, 0.15) is 35.0 Å². The number of hydrogen-bond acceptors (Lipinski definition) is 6. The number of allylic oxidation sites excluding steroid dienone is 4. The Labute approximate surface area is 151 Å². The summed E-state index contributed by atoms with van der Waals surface area (Å²) in [6.45, 7) is 1.66. The molecule has 0 saturated heterocycles. The summed E-state index contributed by atoms with van der Waals surface area (Å²) >= 11 is 7.37. The zero-order chi connectivity index (χ0) is 18.3. The van der Waals surface area contributed by atoms with Gasteiger partial charge in [0.1, 0.15) is 16.7 Å². The van der Waals surface area contributed by atoms with Gasteiger partial charge in [-0.1, -0.05) is 11.6 Å². The number of halogens is 1. The van der Waals surface area contributed by atoms with Crippen LogP contribution in [-0.2, 0) is 4.79 Å². The molecule has 2 N–H and O–H groups in total. The maximum absolute atomic E-state index is 12.6. The van der Waals surface area contributed by atoms with Gasteiger partial charge in [0.2, 0.25) is 0 Å². The normalized spacial score (nSPS) is 16.8. The molecule has 126 valence electrons. The Morgan fingerprint density at radius 3 is 2.80 bits per heavy atom. The molecule has 1 aromatic rings. The lowest BCUT2D eigenvalue weighted by Gasteiger charge is -2.19. The Morgan fingerprint density at radius 1 is 1.48 bits per heavy atom. The van der Waals surface area contributed by atoms with Gasteiger partial charge in [0.05, 0.1) is 17.2 Å². The summed E-state index contributed by atoms with van der Waals surface area (Å²) in [6.07, 6.45) is -0.217. The van der Waals surface area contributed by atoms with Crippen LogP contribution in [0.4, 0.5) is 0 Å². The summed E-state index contributed by atoms with van der Waals surface area (Å²) in [5.41, 5.74) is 2.18. The zero-order valence-corrected chi connectivity index (χ0v) is 14.5. The van der Waals surface area contributed by atoms with Crippen LogP contribution in [0.2, 0.25) is 0 Å². The highest BCUT2D eigenvalue weighted by molar-refractivity contribution is 7.10. The fraction of sp³-hybridized carbons (Fsp3) is 0.176. The van der Waals surface area contributed by atoms with Crippen LogP contribution in [0.15, 0.2) is 49.6 Å². The Morgan fingerprint density at radius 2 is 2.20 bits per heavy atom. The second-order valence-corrected chi connectivity index (χ2v) is 6.82. The second kappa shape index (κ2) is 6.31. The van der Waals surface area contributed by atoms with E-state index in [-0.39, 0.29) is 29.2 Å². The van der Waals surface area contributed by atoms with Gasteiger partial charge in [-0.25, -0.2) is 0 Å². The predicted octanol–water partition coefficient (Wildman–Crippen LogP) is 3.71. The van der Waals surface area contributed by atoms with E-state index in [1.54, 1.807) is 12.3 Å². The molecule has 2 heterocycles. The molecule has 0 amide bonds. The number of carbonyl (C=O) groups is 2. The Hall–Kier alpha value is -2.69. The molecular formula is C17H11ClN2O4S. The Bertz CT molecular complexity index is 989. The summed E-state index contributed by atoms with van der Waals surface area (Å²) in [7, 11) is 0. The number of rotatable bonds is 4. The minimum absolute atomic E-state index is 0.0500. The molecule has 3 rings (SSSR count). The van der Waals surface area contributed by atoms with E-state index in [9.17, 15) is 14.7 Å². The summed E-state index contributed by atoms with van der Waals surface area (Å²) in [6, 6.07) is 3.41. The van der Waals surface area contributed by atoms with Gasteiger partial charge < -0.3 is 10.2 Å². The van der Waals surface area contributed by atoms with Gasteiger partial charge in [0, 0.05) is 34.2 Å². The Balaban J connectivity index is 2.03. The summed E-state index contributed by atoms with van der Waals surface area (Å²) < 4.78 is 0. The van der Waals surface area contributed by atoms with Crippen LogP contribution in [0, 0.1) is 11.3 Å². The van der Waals surface area contributed by atoms with Crippen molar-refractivity contribution in [2.75, 3.05) is 0 Å². The molecule has 6 nitrogen and oxygen atoms in total. The number of nitriles is 1. The number of fused-ring (bicyclic) bond motifs is 1. The van der Waals surface area contributed by atoms with Crippen LogP contribution < -0.4 is 0 Å². The molecule has 0 bridgehead atoms. The number of hydrogen-bond donors (Lipinski definition) is 2. The molecule has 8 heteroatoms. The summed E-state index contributed by atoms with van der Waals surface area (Å²) in [5, 5.41) is 29.8. The molecule has 0 spiro atoms. The van der Waals surface area contributed by atoms with Crippen molar-refractivity contribution in [3.63, 3.8) is 0 Å². The topological polar surface area (TPSA) is 111 Å². The SMILES string of the molecule is CC1=C(CC(=O)O)C2=C(Cl)C(O)=C(C(=O)c3csc(C#N)c3)CC2=N1. The number of aliphatic carboxylic acids is 1. The third kappa shape index (κ3) is 2.90. The predicted molar refractivity (Wildman–Crippen MR) is 92.9 cm³/mol. The fourth-order valence-corrected chi connectivity index (χ4v) is 3.83. The number of aliphatic imine (C=N–C) groups is 1. The number of thiophene rings is 1. The molecule has 25 heavy (non-hydrogen) atoms. The lowest BCUT2D eigenvalue weighted by Crippen LogP contribution is -2.18. The number of ketones is 1. The first kappa shape index (κ1) is 17.1. The van der Waals surface area contributed by atoms with E-state index in [1.165, 1.54) is 6.07 Å². The van der Waals surface area contributed by atoms with Crippen molar-refractivity contribution in [1.82, 2.24) is 0 Å². The monoisotopic (exact) mass is 374 g/mol. The first-order valence-corrected chi connectivity index (χ1v) is 8.44. The quantitative estimate of drug-likeness (QED) is 0.780. The second-order valence-electron chi connectivity index (χ2n) is 5.53. The van der Waals surface area contributed by atoms with Crippen LogP contribution in [0.3, 0.4) is 0 Å². The number of Topliss-reactive ketones (excluding diaryl/α,β-unsaturated/α-hetero) is 1.